The van der Waals surface area contributed by atoms with Gasteiger partial charge in [0, 0.05) is 21.9 Å². The van der Waals surface area contributed by atoms with Gasteiger partial charge in [-0.1, -0.05) is 42.5 Å². The van der Waals surface area contributed by atoms with Crippen LogP contribution in [-0.4, -0.2) is 24.1 Å². The first kappa shape index (κ1) is 23.1. The maximum atomic E-state index is 15.1. The monoisotopic (exact) mass is 505 g/mol. The number of ketones is 1. The van der Waals surface area contributed by atoms with Crippen LogP contribution >= 0.6 is 11.8 Å². The van der Waals surface area contributed by atoms with Crippen molar-refractivity contribution in [1.29, 1.82) is 10.5 Å². The number of benzene rings is 2. The number of Topliss-reactive ketones (excluding diaryl/α,β-unsaturated/α-hetero) is 1. The van der Waals surface area contributed by atoms with Crippen LogP contribution in [0.15, 0.2) is 59.5 Å². The molecule has 8 rings (SSSR count). The van der Waals surface area contributed by atoms with Gasteiger partial charge in [-0.05, 0) is 91.9 Å². The average molecular weight is 506 g/mol. The molecule has 4 bridgehead atoms. The van der Waals surface area contributed by atoms with E-state index in [2.05, 4.69) is 41.3 Å². The third-order valence-corrected chi connectivity index (χ3v) is 11.0. The first-order valence-electron chi connectivity index (χ1n) is 13.6. The highest BCUT2D eigenvalue weighted by Crippen LogP contribution is 2.63. The van der Waals surface area contributed by atoms with Crippen molar-refractivity contribution in [2.75, 3.05) is 11.2 Å². The summed E-state index contributed by atoms with van der Waals surface area (Å²) in [7, 11) is 0. The first-order chi connectivity index (χ1) is 18.0. The lowest BCUT2D eigenvalue weighted by molar-refractivity contribution is -0.145. The molecule has 0 aromatic heterocycles. The van der Waals surface area contributed by atoms with E-state index in [1.807, 2.05) is 42.7 Å². The Morgan fingerprint density at radius 2 is 1.57 bits per heavy atom. The van der Waals surface area contributed by atoms with E-state index in [9.17, 15) is 10.5 Å². The van der Waals surface area contributed by atoms with Gasteiger partial charge in [-0.2, -0.15) is 10.5 Å². The second kappa shape index (κ2) is 8.24. The van der Waals surface area contributed by atoms with Gasteiger partial charge in [0.1, 0.15) is 0 Å². The smallest absolute Gasteiger partial charge is 0.176 e. The maximum Gasteiger partial charge on any atom is 0.176 e. The molecule has 4 aliphatic carbocycles. The van der Waals surface area contributed by atoms with Crippen LogP contribution in [0.5, 0.6) is 0 Å². The van der Waals surface area contributed by atoms with E-state index < -0.39 is 23.4 Å². The average Bonchev–Trinajstić information content (AvgIpc) is 3.23. The van der Waals surface area contributed by atoms with Crippen molar-refractivity contribution in [3.8, 4) is 12.1 Å². The molecular formula is C32H31N3OS. The predicted molar refractivity (Wildman–Crippen MR) is 146 cm³/mol. The molecule has 0 radical (unpaired) electrons. The number of hydrogen-bond donors (Lipinski definition) is 0. The summed E-state index contributed by atoms with van der Waals surface area (Å²) in [4.78, 5) is 18.4. The zero-order valence-corrected chi connectivity index (χ0v) is 22.0. The van der Waals surface area contributed by atoms with Crippen LogP contribution in [0.3, 0.4) is 0 Å². The number of fused-ring (bicyclic) bond motifs is 3. The van der Waals surface area contributed by atoms with Crippen molar-refractivity contribution < 1.29 is 4.79 Å². The quantitative estimate of drug-likeness (QED) is 0.438. The topological polar surface area (TPSA) is 67.9 Å². The van der Waals surface area contributed by atoms with Gasteiger partial charge in [0.05, 0.1) is 24.2 Å². The molecule has 2 aliphatic heterocycles. The Morgan fingerprint density at radius 1 is 0.946 bits per heavy atom. The molecule has 4 saturated carbocycles. The predicted octanol–water partition coefficient (Wildman–Crippen LogP) is 6.60. The molecule has 2 aromatic carbocycles. The molecule has 2 aromatic rings. The number of thioether (sulfide) groups is 1. The summed E-state index contributed by atoms with van der Waals surface area (Å²) in [5.74, 6) is 1.72. The van der Waals surface area contributed by atoms with Crippen molar-refractivity contribution >= 4 is 29.3 Å². The summed E-state index contributed by atoms with van der Waals surface area (Å²) in [5, 5.41) is 21.4. The standard InChI is InChI=1S/C32H31N3OS/c1-37-25-9-6-24(7-10-25)28-29(30(36)31-15-20-12-21(16-31)14-22(13-20)17-31)35-26-5-3-2-4-23(26)8-11-27(35)32(28,18-33)19-34/h2-11,20-22,27-29H,12-17H2,1H3/t20?,21?,22?,27-,28-,29-,31?/m1/s1. The second-order valence-electron chi connectivity index (χ2n) is 12.1. The van der Waals surface area contributed by atoms with Crippen molar-refractivity contribution in [2.45, 2.75) is 61.4 Å². The molecule has 2 heterocycles. The number of nitriles is 2. The molecule has 5 fully saturated rings. The SMILES string of the molecule is CSc1ccc([C@@H]2[C@H](C(=O)C34CC5CC(CC(C5)C3)C4)N3c4ccccc4C=C[C@@H]3C2(C#N)C#N)cc1. The summed E-state index contributed by atoms with van der Waals surface area (Å²) in [6.07, 6.45) is 12.8. The third-order valence-electron chi connectivity index (χ3n) is 10.2. The summed E-state index contributed by atoms with van der Waals surface area (Å²) in [6.45, 7) is 0. The number of para-hydroxylation sites is 1. The minimum atomic E-state index is -1.35. The highest BCUT2D eigenvalue weighted by atomic mass is 32.2. The largest absolute Gasteiger partial charge is 0.351 e. The van der Waals surface area contributed by atoms with E-state index in [0.717, 1.165) is 41.0 Å². The van der Waals surface area contributed by atoms with Gasteiger partial charge in [-0.25, -0.2) is 0 Å². The number of anilines is 1. The number of carbonyl (C=O) groups is 1. The maximum absolute atomic E-state index is 15.1. The zero-order chi connectivity index (χ0) is 25.4. The number of carbonyl (C=O) groups excluding carboxylic acids is 1. The summed E-state index contributed by atoms with van der Waals surface area (Å²) < 4.78 is 0. The molecule has 0 amide bonds. The molecule has 1 saturated heterocycles. The van der Waals surface area contributed by atoms with Crippen LogP contribution in [0.25, 0.3) is 6.08 Å². The van der Waals surface area contributed by atoms with Crippen LogP contribution in [0.2, 0.25) is 0 Å². The Morgan fingerprint density at radius 3 is 2.16 bits per heavy atom. The molecule has 0 spiro atoms. The molecule has 0 unspecified atom stereocenters. The van der Waals surface area contributed by atoms with Crippen molar-refractivity contribution in [3.63, 3.8) is 0 Å². The fourth-order valence-corrected chi connectivity index (χ4v) is 9.55. The molecule has 186 valence electrons. The number of hydrogen-bond acceptors (Lipinski definition) is 5. The van der Waals surface area contributed by atoms with Crippen LogP contribution in [-0.2, 0) is 4.79 Å². The van der Waals surface area contributed by atoms with Gasteiger partial charge in [0.15, 0.2) is 11.2 Å². The summed E-state index contributed by atoms with van der Waals surface area (Å²) in [5.41, 5.74) is 1.26. The van der Waals surface area contributed by atoms with Crippen LogP contribution in [0.1, 0.15) is 55.6 Å². The first-order valence-corrected chi connectivity index (χ1v) is 14.8. The molecular weight excluding hydrogens is 474 g/mol. The van der Waals surface area contributed by atoms with E-state index >= 15 is 4.79 Å². The Labute approximate surface area is 223 Å². The van der Waals surface area contributed by atoms with Crippen LogP contribution in [0, 0.1) is 51.2 Å². The van der Waals surface area contributed by atoms with E-state index in [-0.39, 0.29) is 11.2 Å². The molecule has 3 atom stereocenters. The van der Waals surface area contributed by atoms with Crippen LogP contribution < -0.4 is 4.90 Å². The van der Waals surface area contributed by atoms with Gasteiger partial charge < -0.3 is 4.90 Å². The van der Waals surface area contributed by atoms with Crippen LogP contribution in [0.4, 0.5) is 5.69 Å². The molecule has 37 heavy (non-hydrogen) atoms. The highest BCUT2D eigenvalue weighted by Gasteiger charge is 2.66. The zero-order valence-electron chi connectivity index (χ0n) is 21.1. The van der Waals surface area contributed by atoms with Crippen molar-refractivity contribution in [2.24, 2.45) is 28.6 Å². The summed E-state index contributed by atoms with van der Waals surface area (Å²) in [6, 6.07) is 20.3. The fraction of sp³-hybridized carbons (Fsp3) is 0.469. The van der Waals surface area contributed by atoms with E-state index in [1.54, 1.807) is 11.8 Å². The number of rotatable bonds is 4. The lowest BCUT2D eigenvalue weighted by atomic mass is 9.47. The molecule has 0 N–H and O–H groups in total. The van der Waals surface area contributed by atoms with Gasteiger partial charge in [-0.15, -0.1) is 11.8 Å². The van der Waals surface area contributed by atoms with E-state index in [4.69, 9.17) is 0 Å². The van der Waals surface area contributed by atoms with Gasteiger partial charge in [0.2, 0.25) is 0 Å². The minimum absolute atomic E-state index is 0.285. The van der Waals surface area contributed by atoms with E-state index in [0.29, 0.717) is 17.8 Å². The minimum Gasteiger partial charge on any atom is -0.351 e. The second-order valence-corrected chi connectivity index (χ2v) is 13.0. The molecule has 6 aliphatic rings. The highest BCUT2D eigenvalue weighted by molar-refractivity contribution is 7.98. The Hall–Kier alpha value is -3.02. The Bertz CT molecular complexity index is 1330. The summed E-state index contributed by atoms with van der Waals surface area (Å²) >= 11 is 1.67. The van der Waals surface area contributed by atoms with E-state index in [1.165, 1.54) is 19.3 Å². The third kappa shape index (κ3) is 3.17. The lowest BCUT2D eigenvalue weighted by Crippen LogP contribution is -2.56. The molecule has 5 heteroatoms. The van der Waals surface area contributed by atoms with Crippen molar-refractivity contribution in [1.82, 2.24) is 0 Å². The Kier molecular flexibility index (Phi) is 5.15. The fourth-order valence-electron chi connectivity index (χ4n) is 9.15. The molecule has 4 nitrogen and oxygen atoms in total. The van der Waals surface area contributed by atoms with Gasteiger partial charge >= 0.3 is 0 Å². The lowest BCUT2D eigenvalue weighted by Gasteiger charge is -2.57. The van der Waals surface area contributed by atoms with Crippen molar-refractivity contribution in [3.05, 3.63) is 65.7 Å². The van der Waals surface area contributed by atoms with Gasteiger partial charge in [0.25, 0.3) is 0 Å². The van der Waals surface area contributed by atoms with Gasteiger partial charge in [-0.3, -0.25) is 4.79 Å². The number of nitrogens with zero attached hydrogens (tertiary/aromatic N) is 3. The normalized spacial score (nSPS) is 35.9. The Balaban J connectivity index is 1.43.